The van der Waals surface area contributed by atoms with Gasteiger partial charge in [-0.05, 0) is 20.3 Å². The Labute approximate surface area is 83.0 Å². The van der Waals surface area contributed by atoms with Gasteiger partial charge in [-0.25, -0.2) is 0 Å². The van der Waals surface area contributed by atoms with E-state index in [9.17, 15) is 9.59 Å². The second-order valence-electron chi connectivity index (χ2n) is 2.93. The summed E-state index contributed by atoms with van der Waals surface area (Å²) in [7, 11) is 0. The highest BCUT2D eigenvalue weighted by Gasteiger charge is 2.12. The fraction of sp³-hybridized carbons (Fsp3) is 0.750. The summed E-state index contributed by atoms with van der Waals surface area (Å²) in [5.74, 6) is -0.713. The second kappa shape index (κ2) is 6.71. The molecule has 0 spiro atoms. The Hall–Kier alpha value is -0.770. The zero-order valence-corrected chi connectivity index (χ0v) is 8.65. The lowest BCUT2D eigenvalue weighted by Crippen LogP contribution is -2.43. The molecule has 0 aromatic heterocycles. The topological polar surface area (TPSA) is 58.2 Å². The fourth-order valence-corrected chi connectivity index (χ4v) is 0.810. The minimum atomic E-state index is -0.598. The molecular weight excluding hydrogens is 192 g/mol. The molecule has 0 radical (unpaired) electrons. The molecule has 13 heavy (non-hydrogen) atoms. The number of carbonyl (C=O) groups excluding carboxylic acids is 2. The van der Waals surface area contributed by atoms with Crippen LogP contribution in [0.25, 0.3) is 0 Å². The Morgan fingerprint density at radius 1 is 1.31 bits per heavy atom. The lowest BCUT2D eigenvalue weighted by Gasteiger charge is -2.07. The molecule has 0 fully saturated rings. The van der Waals surface area contributed by atoms with Crippen molar-refractivity contribution in [1.29, 1.82) is 0 Å². The molecular formula is C8H15ClN2O2. The van der Waals surface area contributed by atoms with Gasteiger partial charge < -0.3 is 10.6 Å². The standard InChI is InChI=1S/C8H15ClN2O2/c1-6(2)11-8(13)7(12)10-5-3-4-9/h6H,3-5H2,1-2H3,(H,10,12)(H,11,13). The van der Waals surface area contributed by atoms with Gasteiger partial charge in [-0.15, -0.1) is 11.6 Å². The number of hydrogen-bond acceptors (Lipinski definition) is 2. The highest BCUT2D eigenvalue weighted by Crippen LogP contribution is 1.82. The Kier molecular flexibility index (Phi) is 6.32. The average molecular weight is 207 g/mol. The van der Waals surface area contributed by atoms with Gasteiger partial charge in [0.25, 0.3) is 0 Å². The van der Waals surface area contributed by atoms with Crippen LogP contribution in [0.3, 0.4) is 0 Å². The molecule has 2 N–H and O–H groups in total. The Morgan fingerprint density at radius 3 is 2.38 bits per heavy atom. The summed E-state index contributed by atoms with van der Waals surface area (Å²) >= 11 is 5.40. The van der Waals surface area contributed by atoms with Crippen molar-refractivity contribution in [3.05, 3.63) is 0 Å². The van der Waals surface area contributed by atoms with Crippen LogP contribution in [0.4, 0.5) is 0 Å². The first-order valence-electron chi connectivity index (χ1n) is 4.22. The molecule has 0 rings (SSSR count). The summed E-state index contributed by atoms with van der Waals surface area (Å²) in [4.78, 5) is 22.0. The largest absolute Gasteiger partial charge is 0.348 e. The van der Waals surface area contributed by atoms with E-state index in [0.29, 0.717) is 18.8 Å². The lowest BCUT2D eigenvalue weighted by molar-refractivity contribution is -0.139. The Morgan fingerprint density at radius 2 is 1.92 bits per heavy atom. The molecule has 5 heteroatoms. The average Bonchev–Trinajstić information content (AvgIpc) is 2.03. The molecule has 0 bridgehead atoms. The van der Waals surface area contributed by atoms with Gasteiger partial charge in [-0.3, -0.25) is 9.59 Å². The monoisotopic (exact) mass is 206 g/mol. The first-order valence-corrected chi connectivity index (χ1v) is 4.76. The van der Waals surface area contributed by atoms with E-state index in [1.165, 1.54) is 0 Å². The zero-order valence-electron chi connectivity index (χ0n) is 7.89. The van der Waals surface area contributed by atoms with Crippen molar-refractivity contribution >= 4 is 23.4 Å². The molecule has 0 aromatic carbocycles. The summed E-state index contributed by atoms with van der Waals surface area (Å²) in [6, 6.07) is -0.0220. The summed E-state index contributed by atoms with van der Waals surface area (Å²) in [5, 5.41) is 4.94. The Bertz CT molecular complexity index is 183. The molecule has 0 aliphatic heterocycles. The van der Waals surface area contributed by atoms with Crippen molar-refractivity contribution in [1.82, 2.24) is 10.6 Å². The molecule has 0 unspecified atom stereocenters. The van der Waals surface area contributed by atoms with E-state index in [1.54, 1.807) is 13.8 Å². The van der Waals surface area contributed by atoms with Gasteiger partial charge in [0.2, 0.25) is 0 Å². The molecule has 0 aliphatic rings. The van der Waals surface area contributed by atoms with Crippen LogP contribution < -0.4 is 10.6 Å². The maximum Gasteiger partial charge on any atom is 0.309 e. The molecule has 76 valence electrons. The first kappa shape index (κ1) is 12.2. The third-order valence-electron chi connectivity index (χ3n) is 1.22. The highest BCUT2D eigenvalue weighted by atomic mass is 35.5. The van der Waals surface area contributed by atoms with Gasteiger partial charge >= 0.3 is 11.8 Å². The van der Waals surface area contributed by atoms with Crippen LogP contribution in [-0.4, -0.2) is 30.3 Å². The summed E-state index contributed by atoms with van der Waals surface area (Å²) in [6.45, 7) is 4.03. The predicted molar refractivity (Wildman–Crippen MR) is 51.6 cm³/mol. The van der Waals surface area contributed by atoms with Crippen LogP contribution >= 0.6 is 11.6 Å². The third kappa shape index (κ3) is 6.40. The van der Waals surface area contributed by atoms with Crippen molar-refractivity contribution in [3.8, 4) is 0 Å². The second-order valence-corrected chi connectivity index (χ2v) is 3.30. The number of hydrogen-bond donors (Lipinski definition) is 2. The fourth-order valence-electron chi connectivity index (χ4n) is 0.677. The van der Waals surface area contributed by atoms with Crippen LogP contribution in [0.1, 0.15) is 20.3 Å². The molecule has 0 aromatic rings. The van der Waals surface area contributed by atoms with Gasteiger partial charge in [-0.2, -0.15) is 0 Å². The van der Waals surface area contributed by atoms with Crippen LogP contribution in [0.15, 0.2) is 0 Å². The van der Waals surface area contributed by atoms with Gasteiger partial charge in [0.1, 0.15) is 0 Å². The van der Waals surface area contributed by atoms with E-state index in [-0.39, 0.29) is 6.04 Å². The van der Waals surface area contributed by atoms with Crippen LogP contribution in [0, 0.1) is 0 Å². The molecule has 0 atom stereocenters. The summed E-state index contributed by atoms with van der Waals surface area (Å²) < 4.78 is 0. The number of rotatable bonds is 4. The number of amides is 2. The normalized spacial score (nSPS) is 9.85. The quantitative estimate of drug-likeness (QED) is 0.394. The minimum absolute atomic E-state index is 0.0220. The molecule has 0 heterocycles. The van der Waals surface area contributed by atoms with E-state index in [2.05, 4.69) is 10.6 Å². The maximum atomic E-state index is 11.0. The predicted octanol–water partition coefficient (Wildman–Crippen LogP) is 0.256. The van der Waals surface area contributed by atoms with Crippen molar-refractivity contribution in [2.75, 3.05) is 12.4 Å². The van der Waals surface area contributed by atoms with Crippen molar-refractivity contribution in [3.63, 3.8) is 0 Å². The van der Waals surface area contributed by atoms with E-state index in [1.807, 2.05) is 0 Å². The molecule has 0 saturated carbocycles. The Balaban J connectivity index is 3.64. The summed E-state index contributed by atoms with van der Waals surface area (Å²) in [6.07, 6.45) is 0.669. The van der Waals surface area contributed by atoms with E-state index < -0.39 is 11.8 Å². The molecule has 0 saturated heterocycles. The van der Waals surface area contributed by atoms with E-state index >= 15 is 0 Å². The third-order valence-corrected chi connectivity index (χ3v) is 1.49. The van der Waals surface area contributed by atoms with E-state index in [0.717, 1.165) is 0 Å². The van der Waals surface area contributed by atoms with Gasteiger partial charge in [0.15, 0.2) is 0 Å². The van der Waals surface area contributed by atoms with Gasteiger partial charge in [-0.1, -0.05) is 0 Å². The number of carbonyl (C=O) groups is 2. The highest BCUT2D eigenvalue weighted by molar-refractivity contribution is 6.35. The van der Waals surface area contributed by atoms with Crippen molar-refractivity contribution < 1.29 is 9.59 Å². The zero-order chi connectivity index (χ0) is 10.3. The smallest absolute Gasteiger partial charge is 0.309 e. The van der Waals surface area contributed by atoms with Crippen LogP contribution in [-0.2, 0) is 9.59 Å². The van der Waals surface area contributed by atoms with Crippen molar-refractivity contribution in [2.24, 2.45) is 0 Å². The minimum Gasteiger partial charge on any atom is -0.348 e. The van der Waals surface area contributed by atoms with Gasteiger partial charge in [0, 0.05) is 18.5 Å². The van der Waals surface area contributed by atoms with Crippen LogP contribution in [0.2, 0.25) is 0 Å². The molecule has 0 aliphatic carbocycles. The van der Waals surface area contributed by atoms with Crippen LogP contribution in [0.5, 0.6) is 0 Å². The lowest BCUT2D eigenvalue weighted by atomic mass is 10.4. The van der Waals surface area contributed by atoms with E-state index in [4.69, 9.17) is 11.6 Å². The van der Waals surface area contributed by atoms with Gasteiger partial charge in [0.05, 0.1) is 0 Å². The summed E-state index contributed by atoms with van der Waals surface area (Å²) in [5.41, 5.74) is 0. The van der Waals surface area contributed by atoms with Crippen molar-refractivity contribution in [2.45, 2.75) is 26.3 Å². The number of alkyl halides is 1. The number of nitrogens with one attached hydrogen (secondary N) is 2. The molecule has 4 nitrogen and oxygen atoms in total. The number of halogens is 1. The SMILES string of the molecule is CC(C)NC(=O)C(=O)NCCCCl. The first-order chi connectivity index (χ1) is 6.07. The molecule has 2 amide bonds. The maximum absolute atomic E-state index is 11.0.